The van der Waals surface area contributed by atoms with E-state index in [1.807, 2.05) is 31.1 Å². The van der Waals surface area contributed by atoms with Gasteiger partial charge in [-0.1, -0.05) is 6.07 Å². The van der Waals surface area contributed by atoms with E-state index in [0.717, 1.165) is 11.3 Å². The molecule has 4 nitrogen and oxygen atoms in total. The minimum atomic E-state index is -0.599. The summed E-state index contributed by atoms with van der Waals surface area (Å²) < 4.78 is 5.06. The number of esters is 1. The van der Waals surface area contributed by atoms with Crippen LogP contribution in [-0.4, -0.2) is 26.0 Å². The summed E-state index contributed by atoms with van der Waals surface area (Å²) >= 11 is 0. The normalized spacial score (nSPS) is 13.9. The van der Waals surface area contributed by atoms with Gasteiger partial charge in [-0.3, -0.25) is 0 Å². The van der Waals surface area contributed by atoms with Crippen LogP contribution in [-0.2, 0) is 16.0 Å². The molecule has 0 atom stereocenters. The lowest BCUT2D eigenvalue weighted by Crippen LogP contribution is -2.20. The van der Waals surface area contributed by atoms with Gasteiger partial charge in [0.15, 0.2) is 0 Å². The molecule has 1 aliphatic rings. The molecular weight excluding hydrogens is 206 g/mol. The molecule has 0 aromatic heterocycles. The first-order chi connectivity index (χ1) is 7.61. The van der Waals surface area contributed by atoms with Crippen LogP contribution in [0.3, 0.4) is 0 Å². The molecule has 0 unspecified atom stereocenters. The minimum Gasteiger partial charge on any atom is -0.422 e. The van der Waals surface area contributed by atoms with Gasteiger partial charge in [0, 0.05) is 37.8 Å². The molecule has 0 N–H and O–H groups in total. The highest BCUT2D eigenvalue weighted by atomic mass is 16.5. The number of hydrogen-bond donors (Lipinski definition) is 0. The Balaban J connectivity index is 2.44. The maximum absolute atomic E-state index is 11.3. The van der Waals surface area contributed by atoms with Gasteiger partial charge < -0.3 is 9.64 Å². The average molecular weight is 217 g/mol. The van der Waals surface area contributed by atoms with Crippen molar-refractivity contribution in [2.45, 2.75) is 6.42 Å². The number of rotatable bonds is 1. The standard InChI is InChI=1S/C12H11NO3/c1-13(2)10-4-3-8-5-9(7-14)12(15)16-11(8)6-10/h3-4,6H,5H2,1-2H3. The fourth-order valence-electron chi connectivity index (χ4n) is 1.56. The Morgan fingerprint density at radius 2 is 2.12 bits per heavy atom. The summed E-state index contributed by atoms with van der Waals surface area (Å²) in [5, 5.41) is 0. The highest BCUT2D eigenvalue weighted by Gasteiger charge is 2.23. The number of fused-ring (bicyclic) bond motifs is 1. The molecule has 1 aromatic carbocycles. The van der Waals surface area contributed by atoms with E-state index < -0.39 is 5.97 Å². The van der Waals surface area contributed by atoms with E-state index in [-0.39, 0.29) is 5.57 Å². The summed E-state index contributed by atoms with van der Waals surface area (Å²) in [5.74, 6) is 1.54. The second-order valence-electron chi connectivity index (χ2n) is 3.83. The van der Waals surface area contributed by atoms with Crippen LogP contribution in [0.4, 0.5) is 5.69 Å². The molecule has 0 amide bonds. The van der Waals surface area contributed by atoms with Crippen LogP contribution in [0.25, 0.3) is 0 Å². The van der Waals surface area contributed by atoms with Crippen molar-refractivity contribution in [3.63, 3.8) is 0 Å². The zero-order valence-corrected chi connectivity index (χ0v) is 9.11. The lowest BCUT2D eigenvalue weighted by atomic mass is 10.0. The van der Waals surface area contributed by atoms with Gasteiger partial charge in [-0.15, -0.1) is 0 Å². The van der Waals surface area contributed by atoms with E-state index in [4.69, 9.17) is 4.74 Å². The van der Waals surface area contributed by atoms with E-state index >= 15 is 0 Å². The van der Waals surface area contributed by atoms with Crippen LogP contribution in [0.2, 0.25) is 0 Å². The third-order valence-corrected chi connectivity index (χ3v) is 2.51. The first-order valence-electron chi connectivity index (χ1n) is 4.88. The Bertz CT molecular complexity index is 499. The van der Waals surface area contributed by atoms with Crippen LogP contribution in [0, 0.1) is 0 Å². The number of carbonyl (C=O) groups is 1. The van der Waals surface area contributed by atoms with Crippen LogP contribution < -0.4 is 9.64 Å². The summed E-state index contributed by atoms with van der Waals surface area (Å²) in [7, 11) is 3.81. The zero-order valence-electron chi connectivity index (χ0n) is 9.11. The van der Waals surface area contributed by atoms with Crippen molar-refractivity contribution in [1.29, 1.82) is 0 Å². The average Bonchev–Trinajstić information content (AvgIpc) is 2.27. The van der Waals surface area contributed by atoms with Crippen LogP contribution in [0.1, 0.15) is 5.56 Å². The van der Waals surface area contributed by atoms with Gasteiger partial charge >= 0.3 is 5.97 Å². The quantitative estimate of drug-likeness (QED) is 0.304. The molecule has 0 spiro atoms. The third-order valence-electron chi connectivity index (χ3n) is 2.51. The van der Waals surface area contributed by atoms with Gasteiger partial charge in [-0.2, -0.15) is 0 Å². The van der Waals surface area contributed by atoms with Crippen LogP contribution >= 0.6 is 0 Å². The molecule has 0 saturated heterocycles. The first-order valence-corrected chi connectivity index (χ1v) is 4.88. The van der Waals surface area contributed by atoms with Gasteiger partial charge in [0.05, 0.1) is 0 Å². The molecule has 1 aliphatic heterocycles. The van der Waals surface area contributed by atoms with Crippen LogP contribution in [0.15, 0.2) is 23.8 Å². The second kappa shape index (κ2) is 3.83. The van der Waals surface area contributed by atoms with Gasteiger partial charge in [-0.25, -0.2) is 9.59 Å². The van der Waals surface area contributed by atoms with Crippen molar-refractivity contribution < 1.29 is 14.3 Å². The number of benzene rings is 1. The van der Waals surface area contributed by atoms with Crippen molar-refractivity contribution >= 4 is 17.6 Å². The summed E-state index contributed by atoms with van der Waals surface area (Å²) in [6.45, 7) is 0. The SMILES string of the molecule is CN(C)c1ccc2c(c1)OC(=O)C(=C=O)C2. The molecule has 0 saturated carbocycles. The van der Waals surface area contributed by atoms with Crippen molar-refractivity contribution in [3.8, 4) is 5.75 Å². The van der Waals surface area contributed by atoms with E-state index in [1.165, 1.54) is 0 Å². The first kappa shape index (κ1) is 10.5. The molecule has 16 heavy (non-hydrogen) atoms. The van der Waals surface area contributed by atoms with E-state index in [0.29, 0.717) is 12.2 Å². The molecule has 82 valence electrons. The molecule has 0 bridgehead atoms. The highest BCUT2D eigenvalue weighted by Crippen LogP contribution is 2.30. The lowest BCUT2D eigenvalue weighted by Gasteiger charge is -2.19. The van der Waals surface area contributed by atoms with E-state index in [1.54, 1.807) is 12.0 Å². The molecule has 0 radical (unpaired) electrons. The summed E-state index contributed by atoms with van der Waals surface area (Å²) in [4.78, 5) is 23.7. The third kappa shape index (κ3) is 1.71. The lowest BCUT2D eigenvalue weighted by molar-refractivity contribution is -0.130. The predicted octanol–water partition coefficient (Wildman–Crippen LogP) is 0.972. The Labute approximate surface area is 93.1 Å². The summed E-state index contributed by atoms with van der Waals surface area (Å²) in [6, 6.07) is 5.56. The predicted molar refractivity (Wildman–Crippen MR) is 59.3 cm³/mol. The van der Waals surface area contributed by atoms with Crippen molar-refractivity contribution in [2.24, 2.45) is 0 Å². The Kier molecular flexibility index (Phi) is 2.50. The van der Waals surface area contributed by atoms with Crippen molar-refractivity contribution in [3.05, 3.63) is 29.3 Å². The van der Waals surface area contributed by atoms with Crippen molar-refractivity contribution in [1.82, 2.24) is 0 Å². The number of carbonyl (C=O) groups excluding carboxylic acids is 2. The number of nitrogens with zero attached hydrogens (tertiary/aromatic N) is 1. The number of hydrogen-bond acceptors (Lipinski definition) is 4. The zero-order chi connectivity index (χ0) is 11.7. The van der Waals surface area contributed by atoms with Crippen molar-refractivity contribution in [2.75, 3.05) is 19.0 Å². The van der Waals surface area contributed by atoms with Gasteiger partial charge in [0.1, 0.15) is 17.3 Å². The second-order valence-corrected chi connectivity index (χ2v) is 3.83. The Hall–Kier alpha value is -2.06. The molecule has 1 aromatic rings. The molecule has 0 fully saturated rings. The van der Waals surface area contributed by atoms with E-state index in [2.05, 4.69) is 0 Å². The fraction of sp³-hybridized carbons (Fsp3) is 0.250. The molecular formula is C12H11NO3. The van der Waals surface area contributed by atoms with Gasteiger partial charge in [0.2, 0.25) is 0 Å². The minimum absolute atomic E-state index is 0.0464. The Morgan fingerprint density at radius 1 is 1.38 bits per heavy atom. The fourth-order valence-corrected chi connectivity index (χ4v) is 1.56. The molecule has 2 rings (SSSR count). The molecule has 1 heterocycles. The maximum atomic E-state index is 11.3. The smallest absolute Gasteiger partial charge is 0.350 e. The van der Waals surface area contributed by atoms with Gasteiger partial charge in [0.25, 0.3) is 0 Å². The molecule has 4 heteroatoms. The van der Waals surface area contributed by atoms with Gasteiger partial charge in [-0.05, 0) is 6.07 Å². The largest absolute Gasteiger partial charge is 0.422 e. The van der Waals surface area contributed by atoms with E-state index in [9.17, 15) is 9.59 Å². The topological polar surface area (TPSA) is 46.6 Å². The highest BCUT2D eigenvalue weighted by molar-refractivity contribution is 6.00. The number of anilines is 1. The Morgan fingerprint density at radius 3 is 2.75 bits per heavy atom. The maximum Gasteiger partial charge on any atom is 0.350 e. The summed E-state index contributed by atoms with van der Waals surface area (Å²) in [6.07, 6.45) is 0.297. The summed E-state index contributed by atoms with van der Waals surface area (Å²) in [5.41, 5.74) is 1.83. The van der Waals surface area contributed by atoms with Crippen LogP contribution in [0.5, 0.6) is 5.75 Å². The molecule has 0 aliphatic carbocycles. The monoisotopic (exact) mass is 217 g/mol. The number of ether oxygens (including phenoxy) is 1.